The number of ether oxygens (including phenoxy) is 1. The average Bonchev–Trinajstić information content (AvgIpc) is 2.53. The molecule has 0 aliphatic heterocycles. The van der Waals surface area contributed by atoms with Crippen LogP contribution in [0.2, 0.25) is 0 Å². The molecule has 0 fully saturated rings. The summed E-state index contributed by atoms with van der Waals surface area (Å²) in [5.41, 5.74) is 2.95. The summed E-state index contributed by atoms with van der Waals surface area (Å²) in [7, 11) is 0. The van der Waals surface area contributed by atoms with Crippen LogP contribution in [-0.4, -0.2) is 13.2 Å². The maximum atomic E-state index is 5.61. The van der Waals surface area contributed by atoms with Crippen LogP contribution in [0, 0.1) is 0 Å². The highest BCUT2D eigenvalue weighted by Gasteiger charge is 2.18. The summed E-state index contributed by atoms with van der Waals surface area (Å²) < 4.78 is 5.61. The van der Waals surface area contributed by atoms with Crippen molar-refractivity contribution in [2.24, 2.45) is 0 Å². The van der Waals surface area contributed by atoms with Gasteiger partial charge in [-0.3, -0.25) is 0 Å². The molecule has 0 heterocycles. The van der Waals surface area contributed by atoms with Gasteiger partial charge in [0.25, 0.3) is 0 Å². The lowest BCUT2D eigenvalue weighted by Crippen LogP contribution is -2.21. The standard InChI is InChI=1S/C15H23NO/c1-3-16-15-8-6-5-7-12-9-10-13(17-4-2)11-14(12)15/h9-11,15-16H,3-8H2,1-2H3. The first-order valence-electron chi connectivity index (χ1n) is 6.84. The van der Waals surface area contributed by atoms with E-state index in [9.17, 15) is 0 Å². The molecule has 94 valence electrons. The molecular weight excluding hydrogens is 210 g/mol. The lowest BCUT2D eigenvalue weighted by atomic mass is 9.98. The van der Waals surface area contributed by atoms with Crippen LogP contribution in [0.25, 0.3) is 0 Å². The predicted molar refractivity (Wildman–Crippen MR) is 71.6 cm³/mol. The first-order chi connectivity index (χ1) is 8.35. The lowest BCUT2D eigenvalue weighted by Gasteiger charge is -2.19. The van der Waals surface area contributed by atoms with Gasteiger partial charge in [0.1, 0.15) is 5.75 Å². The van der Waals surface area contributed by atoms with E-state index in [1.54, 1.807) is 0 Å². The number of benzene rings is 1. The molecule has 0 saturated carbocycles. The monoisotopic (exact) mass is 233 g/mol. The van der Waals surface area contributed by atoms with Gasteiger partial charge in [0, 0.05) is 6.04 Å². The fourth-order valence-corrected chi connectivity index (χ4v) is 2.66. The molecule has 0 aromatic heterocycles. The first-order valence-corrected chi connectivity index (χ1v) is 6.84. The van der Waals surface area contributed by atoms with E-state index in [4.69, 9.17) is 4.74 Å². The number of hydrogen-bond acceptors (Lipinski definition) is 2. The third kappa shape index (κ3) is 3.01. The van der Waals surface area contributed by atoms with Gasteiger partial charge in [-0.2, -0.15) is 0 Å². The average molecular weight is 233 g/mol. The predicted octanol–water partition coefficient (Wildman–Crippen LogP) is 3.46. The summed E-state index contributed by atoms with van der Waals surface area (Å²) in [4.78, 5) is 0. The van der Waals surface area contributed by atoms with E-state index in [-0.39, 0.29) is 0 Å². The molecule has 0 radical (unpaired) electrons. The van der Waals surface area contributed by atoms with Crippen LogP contribution in [0.5, 0.6) is 5.75 Å². The van der Waals surface area contributed by atoms with E-state index in [1.807, 2.05) is 6.92 Å². The smallest absolute Gasteiger partial charge is 0.119 e. The summed E-state index contributed by atoms with van der Waals surface area (Å²) >= 11 is 0. The van der Waals surface area contributed by atoms with Crippen LogP contribution in [0.4, 0.5) is 0 Å². The SMILES string of the molecule is CCNC1CCCCc2ccc(OCC)cc21. The molecule has 2 nitrogen and oxygen atoms in total. The molecule has 1 unspecified atom stereocenters. The Labute approximate surface area is 104 Å². The molecule has 1 N–H and O–H groups in total. The second-order valence-corrected chi connectivity index (χ2v) is 4.65. The van der Waals surface area contributed by atoms with Gasteiger partial charge in [-0.05, 0) is 56.0 Å². The molecule has 2 rings (SSSR count). The van der Waals surface area contributed by atoms with E-state index >= 15 is 0 Å². The Hall–Kier alpha value is -1.02. The van der Waals surface area contributed by atoms with Crippen molar-refractivity contribution in [2.75, 3.05) is 13.2 Å². The normalized spacial score (nSPS) is 19.5. The Balaban J connectivity index is 2.28. The fourth-order valence-electron chi connectivity index (χ4n) is 2.66. The van der Waals surface area contributed by atoms with Crippen LogP contribution in [0.15, 0.2) is 18.2 Å². The van der Waals surface area contributed by atoms with Crippen molar-refractivity contribution in [3.63, 3.8) is 0 Å². The van der Waals surface area contributed by atoms with Gasteiger partial charge in [0.05, 0.1) is 6.61 Å². The molecular formula is C15H23NO. The van der Waals surface area contributed by atoms with Gasteiger partial charge in [-0.25, -0.2) is 0 Å². The van der Waals surface area contributed by atoms with Crippen molar-refractivity contribution in [3.05, 3.63) is 29.3 Å². The van der Waals surface area contributed by atoms with E-state index in [0.717, 1.165) is 18.9 Å². The molecule has 17 heavy (non-hydrogen) atoms. The van der Waals surface area contributed by atoms with Crippen molar-refractivity contribution in [1.29, 1.82) is 0 Å². The molecule has 2 heteroatoms. The number of aryl methyl sites for hydroxylation is 1. The Morgan fingerprint density at radius 1 is 1.29 bits per heavy atom. The maximum Gasteiger partial charge on any atom is 0.119 e. The summed E-state index contributed by atoms with van der Waals surface area (Å²) in [6.07, 6.45) is 5.08. The van der Waals surface area contributed by atoms with Crippen molar-refractivity contribution >= 4 is 0 Å². The van der Waals surface area contributed by atoms with E-state index < -0.39 is 0 Å². The van der Waals surface area contributed by atoms with Gasteiger partial charge < -0.3 is 10.1 Å². The van der Waals surface area contributed by atoms with E-state index in [2.05, 4.69) is 30.4 Å². The van der Waals surface area contributed by atoms with Crippen LogP contribution < -0.4 is 10.1 Å². The van der Waals surface area contributed by atoms with Gasteiger partial charge in [0.15, 0.2) is 0 Å². The molecule has 1 aromatic carbocycles. The number of rotatable bonds is 4. The number of nitrogens with one attached hydrogen (secondary N) is 1. The highest BCUT2D eigenvalue weighted by Crippen LogP contribution is 2.31. The molecule has 1 aliphatic carbocycles. The second-order valence-electron chi connectivity index (χ2n) is 4.65. The van der Waals surface area contributed by atoms with Crippen LogP contribution in [-0.2, 0) is 6.42 Å². The van der Waals surface area contributed by atoms with Crippen molar-refractivity contribution in [3.8, 4) is 5.75 Å². The topological polar surface area (TPSA) is 21.3 Å². The van der Waals surface area contributed by atoms with E-state index in [1.165, 1.54) is 36.8 Å². The van der Waals surface area contributed by atoms with E-state index in [0.29, 0.717) is 6.04 Å². The minimum absolute atomic E-state index is 0.512. The summed E-state index contributed by atoms with van der Waals surface area (Å²) in [5.74, 6) is 1.01. The minimum Gasteiger partial charge on any atom is -0.494 e. The van der Waals surface area contributed by atoms with Crippen LogP contribution in [0.3, 0.4) is 0 Å². The summed E-state index contributed by atoms with van der Waals surface area (Å²) in [6, 6.07) is 7.10. The zero-order valence-corrected chi connectivity index (χ0v) is 11.0. The highest BCUT2D eigenvalue weighted by molar-refractivity contribution is 5.38. The minimum atomic E-state index is 0.512. The van der Waals surface area contributed by atoms with Crippen LogP contribution in [0.1, 0.15) is 50.3 Å². The van der Waals surface area contributed by atoms with Gasteiger partial charge in [-0.1, -0.05) is 19.4 Å². The van der Waals surface area contributed by atoms with Crippen LogP contribution >= 0.6 is 0 Å². The Morgan fingerprint density at radius 3 is 2.94 bits per heavy atom. The molecule has 1 aliphatic rings. The summed E-state index contributed by atoms with van der Waals surface area (Å²) in [6.45, 7) is 5.98. The zero-order valence-electron chi connectivity index (χ0n) is 11.0. The highest BCUT2D eigenvalue weighted by atomic mass is 16.5. The molecule has 1 atom stereocenters. The summed E-state index contributed by atoms with van der Waals surface area (Å²) in [5, 5.41) is 3.59. The number of fused-ring (bicyclic) bond motifs is 1. The first kappa shape index (κ1) is 12.4. The fraction of sp³-hybridized carbons (Fsp3) is 0.600. The van der Waals surface area contributed by atoms with Gasteiger partial charge in [-0.15, -0.1) is 0 Å². The molecule has 1 aromatic rings. The lowest BCUT2D eigenvalue weighted by molar-refractivity contribution is 0.339. The quantitative estimate of drug-likeness (QED) is 0.804. The largest absolute Gasteiger partial charge is 0.494 e. The molecule has 0 amide bonds. The Morgan fingerprint density at radius 2 is 2.18 bits per heavy atom. The molecule has 0 saturated heterocycles. The molecule has 0 bridgehead atoms. The third-order valence-corrected chi connectivity index (χ3v) is 3.44. The Bertz CT molecular complexity index is 362. The van der Waals surface area contributed by atoms with Gasteiger partial charge >= 0.3 is 0 Å². The Kier molecular flexibility index (Phi) is 4.43. The number of hydrogen-bond donors (Lipinski definition) is 1. The van der Waals surface area contributed by atoms with Gasteiger partial charge in [0.2, 0.25) is 0 Å². The van der Waals surface area contributed by atoms with Crippen molar-refractivity contribution in [2.45, 2.75) is 45.6 Å². The third-order valence-electron chi connectivity index (χ3n) is 3.44. The zero-order chi connectivity index (χ0) is 12.1. The van der Waals surface area contributed by atoms with Crippen molar-refractivity contribution < 1.29 is 4.74 Å². The second kappa shape index (κ2) is 6.06. The maximum absolute atomic E-state index is 5.61. The van der Waals surface area contributed by atoms with Crippen molar-refractivity contribution in [1.82, 2.24) is 5.32 Å². The molecule has 0 spiro atoms.